The highest BCUT2D eigenvalue weighted by atomic mass is 31.2. The van der Waals surface area contributed by atoms with Gasteiger partial charge in [0.15, 0.2) is 0 Å². The van der Waals surface area contributed by atoms with E-state index in [-0.39, 0.29) is 0 Å². The molecule has 0 amide bonds. The van der Waals surface area contributed by atoms with Crippen LogP contribution in [0.25, 0.3) is 0 Å². The molecule has 0 atom stereocenters. The SMILES string of the molecule is CCCCCCCCCCCCCC[P+](CCCCCC)(CCCCCC)CCCCCCC. The Morgan fingerprint density at radius 2 is 0.412 bits per heavy atom. The Morgan fingerprint density at radius 3 is 0.647 bits per heavy atom. The summed E-state index contributed by atoms with van der Waals surface area (Å²) in [4.78, 5) is 0. The zero-order valence-electron chi connectivity index (χ0n) is 25.0. The Labute approximate surface area is 220 Å². The van der Waals surface area contributed by atoms with E-state index in [2.05, 4.69) is 27.7 Å². The van der Waals surface area contributed by atoms with Crippen LogP contribution in [-0.4, -0.2) is 24.6 Å². The van der Waals surface area contributed by atoms with Crippen LogP contribution in [0.5, 0.6) is 0 Å². The number of unbranched alkanes of at least 4 members (excludes halogenated alkanes) is 21. The summed E-state index contributed by atoms with van der Waals surface area (Å²) in [5, 5.41) is 0. The normalized spacial score (nSPS) is 12.0. The molecule has 0 N–H and O–H groups in total. The Balaban J connectivity index is 4.39. The summed E-state index contributed by atoms with van der Waals surface area (Å²) in [6, 6.07) is 0. The Bertz CT molecular complexity index is 352. The fourth-order valence-electron chi connectivity index (χ4n) is 5.76. The van der Waals surface area contributed by atoms with Crippen molar-refractivity contribution in [1.29, 1.82) is 0 Å². The quantitative estimate of drug-likeness (QED) is 0.0711. The third-order valence-electron chi connectivity index (χ3n) is 8.19. The second-order valence-corrected chi connectivity index (χ2v) is 16.1. The number of hydrogen-bond donors (Lipinski definition) is 0. The van der Waals surface area contributed by atoms with E-state index in [0.717, 1.165) is 0 Å². The summed E-state index contributed by atoms with van der Waals surface area (Å²) in [6.45, 7) is 9.41. The standard InChI is InChI=1S/C33H70P/c1-5-9-13-17-18-19-20-21-22-23-25-29-33-34(30-26-15-11-7-3,31-27-16-12-8-4)32-28-24-14-10-6-2/h5-33H2,1-4H3/q+1. The van der Waals surface area contributed by atoms with Crippen LogP contribution in [0.4, 0.5) is 0 Å². The van der Waals surface area contributed by atoms with Gasteiger partial charge in [0.25, 0.3) is 0 Å². The molecule has 0 heterocycles. The molecule has 0 fully saturated rings. The molecule has 206 valence electrons. The van der Waals surface area contributed by atoms with Crippen LogP contribution in [-0.2, 0) is 0 Å². The molecule has 0 nitrogen and oxygen atoms in total. The fourth-order valence-corrected chi connectivity index (χ4v) is 10.7. The minimum Gasteiger partial charge on any atom is -0.0654 e. The average Bonchev–Trinajstić information content (AvgIpc) is 2.85. The van der Waals surface area contributed by atoms with Crippen LogP contribution < -0.4 is 0 Å². The highest BCUT2D eigenvalue weighted by Gasteiger charge is 2.34. The van der Waals surface area contributed by atoms with Crippen molar-refractivity contribution in [3.8, 4) is 0 Å². The van der Waals surface area contributed by atoms with Gasteiger partial charge >= 0.3 is 0 Å². The zero-order chi connectivity index (χ0) is 25.0. The maximum atomic E-state index is 2.37. The molecule has 1 heteroatoms. The van der Waals surface area contributed by atoms with E-state index in [9.17, 15) is 0 Å². The van der Waals surface area contributed by atoms with Crippen LogP contribution >= 0.6 is 7.26 Å². The van der Waals surface area contributed by atoms with E-state index in [4.69, 9.17) is 0 Å². The predicted molar refractivity (Wildman–Crippen MR) is 165 cm³/mol. The molecule has 0 unspecified atom stereocenters. The van der Waals surface area contributed by atoms with Crippen molar-refractivity contribution in [2.24, 2.45) is 0 Å². The molecule has 0 saturated heterocycles. The fraction of sp³-hybridized carbons (Fsp3) is 1.00. The molecule has 0 radical (unpaired) electrons. The van der Waals surface area contributed by atoms with Crippen molar-refractivity contribution < 1.29 is 0 Å². The maximum absolute atomic E-state index is 2.37. The van der Waals surface area contributed by atoms with Gasteiger partial charge in [-0.1, -0.05) is 137 Å². The molecular formula is C33H70P+. The zero-order valence-corrected chi connectivity index (χ0v) is 25.8. The molecule has 34 heavy (non-hydrogen) atoms. The third-order valence-corrected chi connectivity index (χ3v) is 13.3. The Morgan fingerprint density at radius 1 is 0.235 bits per heavy atom. The molecule has 0 aliphatic rings. The summed E-state index contributed by atoms with van der Waals surface area (Å²) < 4.78 is 0. The van der Waals surface area contributed by atoms with Crippen molar-refractivity contribution in [3.05, 3.63) is 0 Å². The second kappa shape index (κ2) is 28.0. The van der Waals surface area contributed by atoms with Crippen molar-refractivity contribution in [2.45, 2.75) is 188 Å². The molecule has 0 aliphatic carbocycles. The van der Waals surface area contributed by atoms with Crippen LogP contribution in [0, 0.1) is 0 Å². The van der Waals surface area contributed by atoms with Crippen molar-refractivity contribution in [3.63, 3.8) is 0 Å². The van der Waals surface area contributed by atoms with Gasteiger partial charge in [-0.15, -0.1) is 0 Å². The lowest BCUT2D eigenvalue weighted by Crippen LogP contribution is -2.13. The van der Waals surface area contributed by atoms with Gasteiger partial charge in [0, 0.05) is 7.26 Å². The highest BCUT2D eigenvalue weighted by molar-refractivity contribution is 7.75. The van der Waals surface area contributed by atoms with E-state index in [1.54, 1.807) is 50.3 Å². The smallest absolute Gasteiger partial charge is 0.0594 e. The molecular weight excluding hydrogens is 427 g/mol. The van der Waals surface area contributed by atoms with E-state index in [1.165, 1.54) is 135 Å². The summed E-state index contributed by atoms with van der Waals surface area (Å²) in [6.07, 6.45) is 43.6. The van der Waals surface area contributed by atoms with Gasteiger partial charge in [0.2, 0.25) is 0 Å². The first-order valence-electron chi connectivity index (χ1n) is 16.6. The van der Waals surface area contributed by atoms with Gasteiger partial charge in [-0.05, 0) is 51.4 Å². The van der Waals surface area contributed by atoms with Crippen LogP contribution in [0.2, 0.25) is 0 Å². The van der Waals surface area contributed by atoms with E-state index < -0.39 is 7.26 Å². The molecule has 0 rings (SSSR count). The molecule has 0 spiro atoms. The lowest BCUT2D eigenvalue weighted by molar-refractivity contribution is 0.548. The van der Waals surface area contributed by atoms with Gasteiger partial charge in [0.1, 0.15) is 0 Å². The van der Waals surface area contributed by atoms with E-state index in [1.807, 2.05) is 0 Å². The molecule has 0 aromatic rings. The van der Waals surface area contributed by atoms with Gasteiger partial charge < -0.3 is 0 Å². The average molecular weight is 498 g/mol. The monoisotopic (exact) mass is 498 g/mol. The van der Waals surface area contributed by atoms with Gasteiger partial charge in [0.05, 0.1) is 24.6 Å². The van der Waals surface area contributed by atoms with Gasteiger partial charge in [-0.3, -0.25) is 0 Å². The predicted octanol–water partition coefficient (Wildman–Crippen LogP) is 12.8. The van der Waals surface area contributed by atoms with Crippen molar-refractivity contribution in [1.82, 2.24) is 0 Å². The largest absolute Gasteiger partial charge is 0.0654 e. The third kappa shape index (κ3) is 22.9. The summed E-state index contributed by atoms with van der Waals surface area (Å²) >= 11 is 0. The van der Waals surface area contributed by atoms with E-state index in [0.29, 0.717) is 0 Å². The molecule has 0 saturated carbocycles. The number of hydrogen-bond acceptors (Lipinski definition) is 0. The van der Waals surface area contributed by atoms with Crippen molar-refractivity contribution in [2.75, 3.05) is 24.6 Å². The molecule has 0 aliphatic heterocycles. The lowest BCUT2D eigenvalue weighted by Gasteiger charge is -2.28. The topological polar surface area (TPSA) is 0 Å². The first-order chi connectivity index (χ1) is 16.7. The highest BCUT2D eigenvalue weighted by Crippen LogP contribution is 2.61. The van der Waals surface area contributed by atoms with Gasteiger partial charge in [-0.2, -0.15) is 0 Å². The number of rotatable bonds is 29. The molecule has 0 aromatic carbocycles. The summed E-state index contributed by atoms with van der Waals surface area (Å²) in [5.74, 6) is 0. The minimum atomic E-state index is -0.705. The van der Waals surface area contributed by atoms with Crippen molar-refractivity contribution >= 4 is 7.26 Å². The first-order valence-corrected chi connectivity index (χ1v) is 19.1. The minimum absolute atomic E-state index is 0.705. The molecule has 0 aromatic heterocycles. The van der Waals surface area contributed by atoms with Crippen LogP contribution in [0.15, 0.2) is 0 Å². The Kier molecular flexibility index (Phi) is 28.4. The Hall–Kier alpha value is 0.430. The summed E-state index contributed by atoms with van der Waals surface area (Å²) in [7, 11) is -0.705. The second-order valence-electron chi connectivity index (χ2n) is 11.7. The molecule has 0 bridgehead atoms. The van der Waals surface area contributed by atoms with Gasteiger partial charge in [-0.25, -0.2) is 0 Å². The summed E-state index contributed by atoms with van der Waals surface area (Å²) in [5.41, 5.74) is 0. The lowest BCUT2D eigenvalue weighted by atomic mass is 10.1. The van der Waals surface area contributed by atoms with Crippen LogP contribution in [0.3, 0.4) is 0 Å². The van der Waals surface area contributed by atoms with Crippen LogP contribution in [0.1, 0.15) is 188 Å². The first kappa shape index (κ1) is 34.4. The maximum Gasteiger partial charge on any atom is 0.0594 e. The van der Waals surface area contributed by atoms with E-state index >= 15 is 0 Å².